The van der Waals surface area contributed by atoms with Gasteiger partial charge in [0.1, 0.15) is 17.5 Å². The lowest BCUT2D eigenvalue weighted by atomic mass is 10.0. The van der Waals surface area contributed by atoms with Crippen LogP contribution in [-0.2, 0) is 0 Å². The number of nitrogens with zero attached hydrogens (tertiary/aromatic N) is 2. The molecular weight excluding hydrogens is 605 g/mol. The molecule has 0 radical (unpaired) electrons. The van der Waals surface area contributed by atoms with Crippen LogP contribution in [0.1, 0.15) is 6.85 Å². The number of hydrogen-bond acceptors (Lipinski definition) is 2. The smallest absolute Gasteiger partial charge is 0.159 e. The Balaban J connectivity index is 1.17. The fraction of sp³-hybridized carbons (Fsp3) is 0. The van der Waals surface area contributed by atoms with Crippen LogP contribution in [0.5, 0.6) is 11.5 Å². The van der Waals surface area contributed by atoms with Gasteiger partial charge in [-0.1, -0.05) is 84.9 Å². The van der Waals surface area contributed by atoms with Crippen LogP contribution in [0, 0.1) is 17.5 Å². The minimum atomic E-state index is -1.07. The molecule has 0 atom stereocenters. The van der Waals surface area contributed by atoms with Crippen molar-refractivity contribution in [1.29, 1.82) is 0 Å². The van der Waals surface area contributed by atoms with Crippen LogP contribution in [0.4, 0.5) is 30.2 Å². The highest BCUT2D eigenvalue weighted by Crippen LogP contribution is 2.49. The first kappa shape index (κ1) is 23.1. The van der Waals surface area contributed by atoms with E-state index in [2.05, 4.69) is 22.8 Å². The minimum absolute atomic E-state index is 0.115. The van der Waals surface area contributed by atoms with Crippen molar-refractivity contribution < 1.29 is 24.8 Å². The first-order valence-electron chi connectivity index (χ1n) is 17.7. The van der Waals surface area contributed by atoms with Crippen molar-refractivity contribution in [3.63, 3.8) is 0 Å². The van der Waals surface area contributed by atoms with E-state index in [4.69, 9.17) is 11.6 Å². The Labute approximate surface area is 281 Å². The van der Waals surface area contributed by atoms with E-state index in [0.29, 0.717) is 29.3 Å². The zero-order valence-electron chi connectivity index (χ0n) is 30.0. The quantitative estimate of drug-likeness (QED) is 0.187. The van der Waals surface area contributed by atoms with Crippen LogP contribution in [0.15, 0.2) is 152 Å². The second-order valence-electron chi connectivity index (χ2n) is 11.4. The molecule has 3 nitrogen and oxygen atoms in total. The number of fused-ring (bicyclic) bond motifs is 5. The molecule has 0 spiro atoms. The third-order valence-corrected chi connectivity index (χ3v) is 8.67. The van der Waals surface area contributed by atoms with Gasteiger partial charge in [-0.15, -0.1) is 0 Å². The highest BCUT2D eigenvalue weighted by molar-refractivity contribution is 6.12. The van der Waals surface area contributed by atoms with Crippen LogP contribution in [-0.4, -0.2) is 4.57 Å². The molecule has 48 heavy (non-hydrogen) atoms. The molecular formula is C42H25F3N2O. The SMILES string of the molecule is [2H]c1c([2H])c([2H])c(N(c2ccc(-c3cccc4c3Oc3cccc5c6ccccc6n-4c35)cc2)c2ccc(-c3c(F)cc(F)cc3F)cc2)c([2H])c1[2H]. The summed E-state index contributed by atoms with van der Waals surface area (Å²) in [5.74, 6) is -1.79. The van der Waals surface area contributed by atoms with Gasteiger partial charge >= 0.3 is 0 Å². The summed E-state index contributed by atoms with van der Waals surface area (Å²) in [5, 5.41) is 2.21. The second-order valence-corrected chi connectivity index (χ2v) is 11.4. The van der Waals surface area contributed by atoms with Gasteiger partial charge in [0.2, 0.25) is 0 Å². The number of hydrogen-bond donors (Lipinski definition) is 0. The molecule has 0 unspecified atom stereocenters. The first-order chi connectivity index (χ1) is 25.6. The second kappa shape index (κ2) is 10.9. The molecule has 1 aromatic heterocycles. The Morgan fingerprint density at radius 1 is 0.604 bits per heavy atom. The lowest BCUT2D eigenvalue weighted by molar-refractivity contribution is 0.478. The molecule has 6 heteroatoms. The van der Waals surface area contributed by atoms with Gasteiger partial charge < -0.3 is 14.2 Å². The molecule has 0 N–H and O–H groups in total. The number of para-hydroxylation sites is 4. The molecule has 0 saturated carbocycles. The molecule has 0 saturated heterocycles. The fourth-order valence-corrected chi connectivity index (χ4v) is 6.61. The van der Waals surface area contributed by atoms with Crippen LogP contribution >= 0.6 is 0 Å². The van der Waals surface area contributed by atoms with Crippen molar-refractivity contribution in [3.8, 4) is 39.4 Å². The predicted octanol–water partition coefficient (Wildman–Crippen LogP) is 12.1. The van der Waals surface area contributed by atoms with Crippen LogP contribution in [0.3, 0.4) is 0 Å². The van der Waals surface area contributed by atoms with Gasteiger partial charge in [0, 0.05) is 45.5 Å². The summed E-state index contributed by atoms with van der Waals surface area (Å²) in [4.78, 5) is 1.50. The largest absolute Gasteiger partial charge is 0.452 e. The zero-order valence-corrected chi connectivity index (χ0v) is 25.0. The van der Waals surface area contributed by atoms with E-state index in [0.717, 1.165) is 44.4 Å². The Morgan fingerprint density at radius 2 is 1.25 bits per heavy atom. The molecule has 230 valence electrons. The van der Waals surface area contributed by atoms with Gasteiger partial charge in [0.25, 0.3) is 0 Å². The Kier molecular flexibility index (Phi) is 5.26. The average molecular weight is 636 g/mol. The number of aromatic nitrogens is 1. The summed E-state index contributed by atoms with van der Waals surface area (Å²) >= 11 is 0. The minimum Gasteiger partial charge on any atom is -0.452 e. The number of rotatable bonds is 5. The Morgan fingerprint density at radius 3 is 1.98 bits per heavy atom. The highest BCUT2D eigenvalue weighted by Gasteiger charge is 2.26. The lowest BCUT2D eigenvalue weighted by Crippen LogP contribution is -2.09. The number of halogens is 3. The first-order valence-corrected chi connectivity index (χ1v) is 15.2. The van der Waals surface area contributed by atoms with Gasteiger partial charge in [0.05, 0.1) is 29.1 Å². The summed E-state index contributed by atoms with van der Waals surface area (Å²) in [6, 6.07) is 32.1. The summed E-state index contributed by atoms with van der Waals surface area (Å²) in [5.41, 5.74) is 4.94. The monoisotopic (exact) mass is 635 g/mol. The molecule has 0 aliphatic carbocycles. The average Bonchev–Trinajstić information content (AvgIpc) is 3.51. The summed E-state index contributed by atoms with van der Waals surface area (Å²) < 4.78 is 94.2. The molecule has 0 bridgehead atoms. The van der Waals surface area contributed by atoms with Gasteiger partial charge in [0.15, 0.2) is 11.5 Å². The van der Waals surface area contributed by atoms with Crippen molar-refractivity contribution >= 4 is 38.9 Å². The number of ether oxygens (including phenoxy) is 1. The Hall–Kier alpha value is -6.27. The number of anilines is 3. The van der Waals surface area contributed by atoms with Crippen LogP contribution in [0.2, 0.25) is 0 Å². The summed E-state index contributed by atoms with van der Waals surface area (Å²) in [6.45, 7) is 0. The van der Waals surface area contributed by atoms with Gasteiger partial charge in [-0.25, -0.2) is 13.2 Å². The third kappa shape index (κ3) is 4.37. The maximum Gasteiger partial charge on any atom is 0.159 e. The molecule has 7 aromatic carbocycles. The molecule has 0 fully saturated rings. The number of benzene rings is 7. The van der Waals surface area contributed by atoms with E-state index >= 15 is 0 Å². The van der Waals surface area contributed by atoms with Crippen LogP contribution in [0.25, 0.3) is 49.7 Å². The Bertz CT molecular complexity index is 2750. The summed E-state index contributed by atoms with van der Waals surface area (Å²) in [6.07, 6.45) is 0. The molecule has 1 aliphatic rings. The van der Waals surface area contributed by atoms with E-state index in [9.17, 15) is 13.2 Å². The summed E-state index contributed by atoms with van der Waals surface area (Å²) in [7, 11) is 0. The van der Waals surface area contributed by atoms with Crippen molar-refractivity contribution in [2.45, 2.75) is 0 Å². The van der Waals surface area contributed by atoms with E-state index in [1.807, 2.05) is 54.6 Å². The standard InChI is InChI=1S/C42H25F3N2O/c43-28-24-35(44)40(36(45)25-28)27-18-22-31(23-19-27)46(29-8-2-1-3-9-29)30-20-16-26(17-21-30)32-11-6-14-38-42(32)48-39-15-7-12-34-33-10-4-5-13-37(33)47(38)41(34)39/h1-25H/i1D,2D,3D,8D,9D. The normalized spacial score (nSPS) is 13.3. The molecule has 2 heterocycles. The van der Waals surface area contributed by atoms with E-state index in [1.165, 1.54) is 29.2 Å². The zero-order chi connectivity index (χ0) is 36.7. The van der Waals surface area contributed by atoms with Gasteiger partial charge in [-0.2, -0.15) is 0 Å². The van der Waals surface area contributed by atoms with Crippen molar-refractivity contribution in [2.75, 3.05) is 4.90 Å². The predicted molar refractivity (Wildman–Crippen MR) is 186 cm³/mol. The van der Waals surface area contributed by atoms with E-state index < -0.39 is 53.2 Å². The van der Waals surface area contributed by atoms with Crippen LogP contribution < -0.4 is 9.64 Å². The fourth-order valence-electron chi connectivity index (χ4n) is 6.61. The highest BCUT2D eigenvalue weighted by atomic mass is 19.1. The molecule has 0 amide bonds. The van der Waals surface area contributed by atoms with Crippen molar-refractivity contribution in [3.05, 3.63) is 169 Å². The molecule has 9 rings (SSSR count). The van der Waals surface area contributed by atoms with Crippen molar-refractivity contribution in [1.82, 2.24) is 4.57 Å². The molecule has 1 aliphatic heterocycles. The topological polar surface area (TPSA) is 17.4 Å². The van der Waals surface area contributed by atoms with E-state index in [-0.39, 0.29) is 11.3 Å². The van der Waals surface area contributed by atoms with E-state index in [1.54, 1.807) is 12.1 Å². The van der Waals surface area contributed by atoms with Gasteiger partial charge in [-0.3, -0.25) is 0 Å². The van der Waals surface area contributed by atoms with Crippen molar-refractivity contribution in [2.24, 2.45) is 0 Å². The van der Waals surface area contributed by atoms with Gasteiger partial charge in [-0.05, 0) is 65.7 Å². The maximum absolute atomic E-state index is 14.7. The lowest BCUT2D eigenvalue weighted by Gasteiger charge is -2.26. The third-order valence-electron chi connectivity index (χ3n) is 8.67. The molecule has 8 aromatic rings. The maximum atomic E-state index is 14.7.